The second-order valence-electron chi connectivity index (χ2n) is 7.90. The second-order valence-corrected chi connectivity index (χ2v) is 7.90. The van der Waals surface area contributed by atoms with Gasteiger partial charge >= 0.3 is 0 Å². The summed E-state index contributed by atoms with van der Waals surface area (Å²) in [5.41, 5.74) is 8.36. The van der Waals surface area contributed by atoms with Crippen LogP contribution in [-0.4, -0.2) is 52.8 Å². The molecule has 3 amide bonds. The Morgan fingerprint density at radius 3 is 2.68 bits per heavy atom. The summed E-state index contributed by atoms with van der Waals surface area (Å²) in [4.78, 5) is 38.9. The van der Waals surface area contributed by atoms with Crippen molar-refractivity contribution in [3.63, 3.8) is 0 Å². The maximum absolute atomic E-state index is 13.0. The van der Waals surface area contributed by atoms with Crippen LogP contribution in [0.1, 0.15) is 44.1 Å². The Kier molecular flexibility index (Phi) is 6.63. The fourth-order valence-corrected chi connectivity index (χ4v) is 3.58. The third-order valence-corrected chi connectivity index (χ3v) is 5.33. The monoisotopic (exact) mass is 419 g/mol. The lowest BCUT2D eigenvalue weighted by Crippen LogP contribution is -2.45. The van der Waals surface area contributed by atoms with Crippen LogP contribution in [0.2, 0.25) is 0 Å². The van der Waals surface area contributed by atoms with Gasteiger partial charge in [-0.1, -0.05) is 35.3 Å². The molecule has 0 spiro atoms. The van der Waals surface area contributed by atoms with Crippen molar-refractivity contribution in [3.8, 4) is 0 Å². The molecule has 160 valence electrons. The van der Waals surface area contributed by atoms with Gasteiger partial charge < -0.3 is 16.0 Å². The molecule has 0 aliphatic heterocycles. The molecule has 1 aliphatic rings. The number of hydrogen-bond donors (Lipinski definition) is 2. The third-order valence-electron chi connectivity index (χ3n) is 5.33. The van der Waals surface area contributed by atoms with Gasteiger partial charge in [-0.3, -0.25) is 19.1 Å². The van der Waals surface area contributed by atoms with E-state index in [4.69, 9.17) is 13.6 Å². The van der Waals surface area contributed by atoms with Gasteiger partial charge in [-0.15, -0.1) is 0 Å². The summed E-state index contributed by atoms with van der Waals surface area (Å²) in [5, 5.41) is 7.62. The van der Waals surface area contributed by atoms with Crippen molar-refractivity contribution >= 4 is 36.5 Å². The predicted octanol–water partition coefficient (Wildman–Crippen LogP) is 1.61. The molecule has 0 unspecified atom stereocenters. The van der Waals surface area contributed by atoms with Gasteiger partial charge in [0.25, 0.3) is 5.91 Å². The Labute approximate surface area is 182 Å². The summed E-state index contributed by atoms with van der Waals surface area (Å²) in [7, 11) is 6.07. The van der Waals surface area contributed by atoms with Crippen LogP contribution in [-0.2, 0) is 16.1 Å². The topological polar surface area (TPSA) is 110 Å². The number of carbonyl (C=O) groups excluding carboxylic acids is 3. The Hall–Kier alpha value is -3.36. The molecule has 31 heavy (non-hydrogen) atoms. The minimum atomic E-state index is -0.663. The first-order valence-electron chi connectivity index (χ1n) is 10.2. The zero-order chi connectivity index (χ0) is 22.7. The summed E-state index contributed by atoms with van der Waals surface area (Å²) in [5.74, 6) is -1.29. The third kappa shape index (κ3) is 4.87. The molecule has 1 heterocycles. The minimum Gasteiger partial charge on any atom is -0.364 e. The van der Waals surface area contributed by atoms with E-state index in [0.717, 1.165) is 18.4 Å². The van der Waals surface area contributed by atoms with Crippen LogP contribution in [0.4, 0.5) is 0 Å². The van der Waals surface area contributed by atoms with Crippen LogP contribution in [0.5, 0.6) is 0 Å². The molecule has 9 heteroatoms. The first kappa shape index (κ1) is 22.3. The Morgan fingerprint density at radius 1 is 1.29 bits per heavy atom. The number of allylic oxidation sites excluding steroid dienone is 3. The molecule has 0 saturated carbocycles. The van der Waals surface area contributed by atoms with Crippen molar-refractivity contribution in [3.05, 3.63) is 52.8 Å². The van der Waals surface area contributed by atoms with Gasteiger partial charge in [0.15, 0.2) is 5.69 Å². The normalized spacial score (nSPS) is 14.0. The average Bonchev–Trinajstić information content (AvgIpc) is 3.08. The van der Waals surface area contributed by atoms with Gasteiger partial charge in [0.2, 0.25) is 11.8 Å². The predicted molar refractivity (Wildman–Crippen MR) is 119 cm³/mol. The van der Waals surface area contributed by atoms with Gasteiger partial charge in [-0.05, 0) is 39.7 Å². The summed E-state index contributed by atoms with van der Waals surface area (Å²) in [6.45, 7) is 5.36. The second kappa shape index (κ2) is 9.20. The summed E-state index contributed by atoms with van der Waals surface area (Å²) in [6, 6.07) is 6.85. The average molecular weight is 419 g/mol. The minimum absolute atomic E-state index is 0.110. The molecule has 1 aliphatic carbocycles. The number of rotatable bonds is 7. The number of nitrogens with two attached hydrogens (primary N) is 1. The first-order valence-corrected chi connectivity index (χ1v) is 10.2. The van der Waals surface area contributed by atoms with Crippen LogP contribution in [0.3, 0.4) is 0 Å². The molecule has 0 bridgehead atoms. The number of para-hydroxylation sites is 1. The van der Waals surface area contributed by atoms with E-state index in [0.29, 0.717) is 22.1 Å². The van der Waals surface area contributed by atoms with Gasteiger partial charge in [0.1, 0.15) is 20.9 Å². The van der Waals surface area contributed by atoms with Gasteiger partial charge in [0, 0.05) is 17.1 Å². The smallest absolute Gasteiger partial charge is 0.269 e. The first-order chi connectivity index (χ1) is 14.7. The summed E-state index contributed by atoms with van der Waals surface area (Å²) in [6.07, 6.45) is 3.57. The lowest BCUT2D eigenvalue weighted by Gasteiger charge is -2.27. The quantitative estimate of drug-likeness (QED) is 0.665. The Bertz CT molecular complexity index is 1100. The van der Waals surface area contributed by atoms with Crippen molar-refractivity contribution in [2.75, 3.05) is 6.54 Å². The molecule has 8 nitrogen and oxygen atoms in total. The van der Waals surface area contributed by atoms with Crippen molar-refractivity contribution in [1.82, 2.24) is 20.0 Å². The number of amides is 3. The molecular formula is C22H26BN5O3. The largest absolute Gasteiger partial charge is 0.364 e. The van der Waals surface area contributed by atoms with E-state index in [1.54, 1.807) is 24.3 Å². The van der Waals surface area contributed by atoms with E-state index in [9.17, 15) is 14.4 Å². The number of fused-ring (bicyclic) bond motifs is 1. The molecule has 2 aromatic rings. The van der Waals surface area contributed by atoms with Crippen LogP contribution in [0.15, 0.2) is 47.1 Å². The number of nitrogens with zero attached hydrogens (tertiary/aromatic N) is 3. The van der Waals surface area contributed by atoms with E-state index in [1.165, 1.54) is 9.58 Å². The molecule has 1 aromatic carbocycles. The fraction of sp³-hybridized carbons (Fsp3) is 0.364. The number of carbonyl (C=O) groups is 3. The van der Waals surface area contributed by atoms with Crippen molar-refractivity contribution in [2.24, 2.45) is 5.73 Å². The lowest BCUT2D eigenvalue weighted by molar-refractivity contribution is -0.138. The van der Waals surface area contributed by atoms with Crippen LogP contribution < -0.4 is 11.1 Å². The van der Waals surface area contributed by atoms with Crippen LogP contribution in [0, 0.1) is 0 Å². The fourth-order valence-electron chi connectivity index (χ4n) is 3.58. The molecule has 0 saturated heterocycles. The highest BCUT2D eigenvalue weighted by Gasteiger charge is 2.23. The standard InChI is InChI=1S/C22H26BN5O3/c1-13(2)27(11-18(29)25-16-9-6-7-14(3)20(16)23)19(30)12-28-17-10-5-4-8-15(17)21(26-28)22(24)31/h4-5,8-10,13H,6-7,11-12H2,1-3H3,(H2,24,31)(H,25,29). The summed E-state index contributed by atoms with van der Waals surface area (Å²) >= 11 is 0. The van der Waals surface area contributed by atoms with Crippen LogP contribution in [0.25, 0.3) is 10.9 Å². The van der Waals surface area contributed by atoms with Crippen molar-refractivity contribution in [2.45, 2.75) is 46.2 Å². The summed E-state index contributed by atoms with van der Waals surface area (Å²) < 4.78 is 1.44. The zero-order valence-electron chi connectivity index (χ0n) is 18.0. The van der Waals surface area contributed by atoms with E-state index in [-0.39, 0.29) is 36.6 Å². The molecular weight excluding hydrogens is 393 g/mol. The van der Waals surface area contributed by atoms with Gasteiger partial charge in [-0.25, -0.2) is 0 Å². The number of primary amides is 1. The highest BCUT2D eigenvalue weighted by molar-refractivity contribution is 6.25. The highest BCUT2D eigenvalue weighted by atomic mass is 16.2. The zero-order valence-corrected chi connectivity index (χ0v) is 18.0. The number of nitrogens with one attached hydrogen (secondary N) is 1. The molecule has 2 radical (unpaired) electrons. The van der Waals surface area contributed by atoms with Gasteiger partial charge in [0.05, 0.1) is 5.52 Å². The molecule has 1 aromatic heterocycles. The number of benzene rings is 1. The van der Waals surface area contributed by atoms with E-state index in [2.05, 4.69) is 10.4 Å². The molecule has 3 N–H and O–H groups in total. The van der Waals surface area contributed by atoms with E-state index < -0.39 is 5.91 Å². The Morgan fingerprint density at radius 2 is 2.00 bits per heavy atom. The highest BCUT2D eigenvalue weighted by Crippen LogP contribution is 2.21. The van der Waals surface area contributed by atoms with Crippen molar-refractivity contribution < 1.29 is 14.4 Å². The molecule has 3 rings (SSSR count). The van der Waals surface area contributed by atoms with Crippen LogP contribution >= 0.6 is 0 Å². The SMILES string of the molecule is [B]C1=C(C)CCC=C1NC(=O)CN(C(=O)Cn1nc(C(N)=O)c2ccccc21)C(C)C. The maximum Gasteiger partial charge on any atom is 0.269 e. The van der Waals surface area contributed by atoms with Crippen molar-refractivity contribution in [1.29, 1.82) is 0 Å². The van der Waals surface area contributed by atoms with E-state index in [1.807, 2.05) is 26.8 Å². The number of aromatic nitrogens is 2. The lowest BCUT2D eigenvalue weighted by atomic mass is 9.82. The molecule has 0 atom stereocenters. The maximum atomic E-state index is 13.0. The molecule has 0 fully saturated rings. The Balaban J connectivity index is 1.76. The van der Waals surface area contributed by atoms with Gasteiger partial charge in [-0.2, -0.15) is 5.10 Å². The number of hydrogen-bond acceptors (Lipinski definition) is 4. The van der Waals surface area contributed by atoms with E-state index >= 15 is 0 Å².